The fourth-order valence-electron chi connectivity index (χ4n) is 3.04. The first-order chi connectivity index (χ1) is 9.58. The summed E-state index contributed by atoms with van der Waals surface area (Å²) >= 11 is 0. The SMILES string of the molecule is CCC1(CC)CN(Cc2cncc(F)c2)C(C)CCN1. The zero-order valence-corrected chi connectivity index (χ0v) is 12.8. The Morgan fingerprint density at radius 3 is 2.80 bits per heavy atom. The van der Waals surface area contributed by atoms with E-state index in [4.69, 9.17) is 0 Å². The maximum atomic E-state index is 13.3. The molecule has 0 saturated carbocycles. The Morgan fingerprint density at radius 1 is 1.40 bits per heavy atom. The van der Waals surface area contributed by atoms with Crippen molar-refractivity contribution in [1.82, 2.24) is 15.2 Å². The second kappa shape index (κ2) is 6.64. The van der Waals surface area contributed by atoms with Gasteiger partial charge in [0.05, 0.1) is 6.20 Å². The molecule has 1 saturated heterocycles. The van der Waals surface area contributed by atoms with Crippen LogP contribution < -0.4 is 5.32 Å². The predicted octanol–water partition coefficient (Wildman–Crippen LogP) is 2.96. The fraction of sp³-hybridized carbons (Fsp3) is 0.688. The first kappa shape index (κ1) is 15.4. The van der Waals surface area contributed by atoms with E-state index >= 15 is 0 Å². The van der Waals surface area contributed by atoms with Gasteiger partial charge in [0.1, 0.15) is 5.82 Å². The number of pyridine rings is 1. The molecule has 1 atom stereocenters. The number of nitrogens with one attached hydrogen (secondary N) is 1. The number of hydrogen-bond acceptors (Lipinski definition) is 3. The molecule has 0 bridgehead atoms. The maximum absolute atomic E-state index is 13.3. The third-order valence-corrected chi connectivity index (χ3v) is 4.69. The minimum absolute atomic E-state index is 0.186. The zero-order valence-electron chi connectivity index (χ0n) is 12.8. The molecule has 3 nitrogen and oxygen atoms in total. The highest BCUT2D eigenvalue weighted by molar-refractivity contribution is 5.10. The highest BCUT2D eigenvalue weighted by Crippen LogP contribution is 2.24. The summed E-state index contributed by atoms with van der Waals surface area (Å²) in [6.07, 6.45) is 6.40. The number of rotatable bonds is 4. The molecule has 1 N–H and O–H groups in total. The molecule has 1 aromatic rings. The topological polar surface area (TPSA) is 28.2 Å². The smallest absolute Gasteiger partial charge is 0.141 e. The molecule has 2 heterocycles. The molecule has 0 spiro atoms. The van der Waals surface area contributed by atoms with Crippen LogP contribution in [0.15, 0.2) is 18.5 Å². The normalized spacial score (nSPS) is 23.5. The van der Waals surface area contributed by atoms with Crippen LogP contribution in [0.3, 0.4) is 0 Å². The van der Waals surface area contributed by atoms with Gasteiger partial charge in [-0.2, -0.15) is 0 Å². The van der Waals surface area contributed by atoms with Gasteiger partial charge in [-0.05, 0) is 44.4 Å². The molecular weight excluding hydrogens is 253 g/mol. The first-order valence-corrected chi connectivity index (χ1v) is 7.67. The second-order valence-electron chi connectivity index (χ2n) is 5.97. The van der Waals surface area contributed by atoms with Crippen LogP contribution in [0.25, 0.3) is 0 Å². The number of hydrogen-bond donors (Lipinski definition) is 1. The molecule has 4 heteroatoms. The summed E-state index contributed by atoms with van der Waals surface area (Å²) in [6.45, 7) is 9.59. The van der Waals surface area contributed by atoms with Crippen molar-refractivity contribution >= 4 is 0 Å². The van der Waals surface area contributed by atoms with Crippen molar-refractivity contribution in [3.63, 3.8) is 0 Å². The van der Waals surface area contributed by atoms with Crippen molar-refractivity contribution in [1.29, 1.82) is 0 Å². The molecule has 112 valence electrons. The Morgan fingerprint density at radius 2 is 2.15 bits per heavy atom. The van der Waals surface area contributed by atoms with E-state index < -0.39 is 0 Å². The van der Waals surface area contributed by atoms with E-state index in [1.165, 1.54) is 6.20 Å². The lowest BCUT2D eigenvalue weighted by Gasteiger charge is -2.37. The molecule has 1 fully saturated rings. The number of halogens is 1. The molecule has 1 aliphatic rings. The standard InChI is InChI=1S/C16H26FN3/c1-4-16(5-2)12-20(13(3)6-7-19-16)11-14-8-15(17)10-18-9-14/h8-10,13,19H,4-7,11-12H2,1-3H3. The molecule has 2 rings (SSSR count). The lowest BCUT2D eigenvalue weighted by Crippen LogP contribution is -2.51. The average molecular weight is 279 g/mol. The van der Waals surface area contributed by atoms with Gasteiger partial charge in [-0.25, -0.2) is 4.39 Å². The molecule has 1 aliphatic heterocycles. The lowest BCUT2D eigenvalue weighted by molar-refractivity contribution is 0.152. The van der Waals surface area contributed by atoms with Gasteiger partial charge in [0.15, 0.2) is 0 Å². The molecular formula is C16H26FN3. The summed E-state index contributed by atoms with van der Waals surface area (Å²) in [7, 11) is 0. The minimum atomic E-state index is -0.250. The Kier molecular flexibility index (Phi) is 5.11. The van der Waals surface area contributed by atoms with Crippen LogP contribution in [0.2, 0.25) is 0 Å². The maximum Gasteiger partial charge on any atom is 0.141 e. The largest absolute Gasteiger partial charge is 0.310 e. The Hall–Kier alpha value is -1.00. The summed E-state index contributed by atoms with van der Waals surface area (Å²) in [5, 5.41) is 3.72. The van der Waals surface area contributed by atoms with Crippen LogP contribution in [0, 0.1) is 5.82 Å². The molecule has 0 aromatic carbocycles. The van der Waals surface area contributed by atoms with Gasteiger partial charge in [-0.1, -0.05) is 13.8 Å². The quantitative estimate of drug-likeness (QED) is 0.918. The van der Waals surface area contributed by atoms with Crippen LogP contribution in [-0.4, -0.2) is 34.6 Å². The number of aromatic nitrogens is 1. The molecule has 1 unspecified atom stereocenters. The van der Waals surface area contributed by atoms with Crippen molar-refractivity contribution in [2.24, 2.45) is 0 Å². The highest BCUT2D eigenvalue weighted by atomic mass is 19.1. The van der Waals surface area contributed by atoms with Gasteiger partial charge in [-0.3, -0.25) is 9.88 Å². The second-order valence-corrected chi connectivity index (χ2v) is 5.97. The predicted molar refractivity (Wildman–Crippen MR) is 80.0 cm³/mol. The van der Waals surface area contributed by atoms with E-state index in [9.17, 15) is 4.39 Å². The van der Waals surface area contributed by atoms with Gasteiger partial charge < -0.3 is 5.32 Å². The Balaban J connectivity index is 2.14. The monoisotopic (exact) mass is 279 g/mol. The van der Waals surface area contributed by atoms with E-state index in [1.807, 2.05) is 0 Å². The molecule has 0 aliphatic carbocycles. The summed E-state index contributed by atoms with van der Waals surface area (Å²) in [4.78, 5) is 6.42. The van der Waals surface area contributed by atoms with E-state index in [-0.39, 0.29) is 11.4 Å². The van der Waals surface area contributed by atoms with Crippen LogP contribution in [-0.2, 0) is 6.54 Å². The van der Waals surface area contributed by atoms with Gasteiger partial charge in [-0.15, -0.1) is 0 Å². The van der Waals surface area contributed by atoms with Crippen molar-refractivity contribution in [3.8, 4) is 0 Å². The van der Waals surface area contributed by atoms with Crippen molar-refractivity contribution in [3.05, 3.63) is 29.8 Å². The molecule has 0 radical (unpaired) electrons. The molecule has 1 aromatic heterocycles. The zero-order chi connectivity index (χ0) is 14.6. The van der Waals surface area contributed by atoms with Gasteiger partial charge in [0, 0.05) is 30.9 Å². The lowest BCUT2D eigenvalue weighted by atomic mass is 9.92. The van der Waals surface area contributed by atoms with E-state index in [1.54, 1.807) is 12.3 Å². The summed E-state index contributed by atoms with van der Waals surface area (Å²) in [5.74, 6) is -0.250. The van der Waals surface area contributed by atoms with Gasteiger partial charge in [0.25, 0.3) is 0 Å². The molecule has 0 amide bonds. The highest BCUT2D eigenvalue weighted by Gasteiger charge is 2.32. The third kappa shape index (κ3) is 3.55. The van der Waals surface area contributed by atoms with Crippen LogP contribution in [0.1, 0.15) is 45.6 Å². The van der Waals surface area contributed by atoms with Crippen LogP contribution in [0.4, 0.5) is 4.39 Å². The van der Waals surface area contributed by atoms with Crippen LogP contribution >= 0.6 is 0 Å². The van der Waals surface area contributed by atoms with E-state index in [0.29, 0.717) is 6.04 Å². The minimum Gasteiger partial charge on any atom is -0.310 e. The van der Waals surface area contributed by atoms with Crippen molar-refractivity contribution < 1.29 is 4.39 Å². The summed E-state index contributed by atoms with van der Waals surface area (Å²) in [6, 6.07) is 2.10. The average Bonchev–Trinajstić information content (AvgIpc) is 2.59. The Labute approximate surface area is 121 Å². The van der Waals surface area contributed by atoms with Crippen LogP contribution in [0.5, 0.6) is 0 Å². The van der Waals surface area contributed by atoms with Gasteiger partial charge >= 0.3 is 0 Å². The number of nitrogens with zero attached hydrogens (tertiary/aromatic N) is 2. The first-order valence-electron chi connectivity index (χ1n) is 7.67. The van der Waals surface area contributed by atoms with Crippen molar-refractivity contribution in [2.75, 3.05) is 13.1 Å². The third-order valence-electron chi connectivity index (χ3n) is 4.69. The van der Waals surface area contributed by atoms with E-state index in [0.717, 1.165) is 44.5 Å². The summed E-state index contributed by atoms with van der Waals surface area (Å²) < 4.78 is 13.3. The van der Waals surface area contributed by atoms with Gasteiger partial charge in [0.2, 0.25) is 0 Å². The fourth-order valence-corrected chi connectivity index (χ4v) is 3.04. The van der Waals surface area contributed by atoms with Crippen molar-refractivity contribution in [2.45, 2.75) is 58.2 Å². The Bertz CT molecular complexity index is 431. The summed E-state index contributed by atoms with van der Waals surface area (Å²) in [5.41, 5.74) is 1.14. The molecule has 20 heavy (non-hydrogen) atoms. The van der Waals surface area contributed by atoms with E-state index in [2.05, 4.69) is 36.0 Å².